The highest BCUT2D eigenvalue weighted by atomic mass is 35.5. The molecule has 1 aromatic rings. The summed E-state index contributed by atoms with van der Waals surface area (Å²) in [6.07, 6.45) is 3.66. The van der Waals surface area contributed by atoms with Gasteiger partial charge >= 0.3 is 0 Å². The molecule has 0 amide bonds. The first-order chi connectivity index (χ1) is 8.92. The third kappa shape index (κ3) is 3.31. The highest BCUT2D eigenvalue weighted by Crippen LogP contribution is 2.38. The zero-order chi connectivity index (χ0) is 14.0. The smallest absolute Gasteiger partial charge is 0.0409 e. The summed E-state index contributed by atoms with van der Waals surface area (Å²) >= 11 is 6.08. The first-order valence-electron chi connectivity index (χ1n) is 7.14. The van der Waals surface area contributed by atoms with Gasteiger partial charge in [-0.15, -0.1) is 0 Å². The number of hydrogen-bond acceptors (Lipinski definition) is 2. The van der Waals surface area contributed by atoms with Crippen LogP contribution in [0.4, 0.5) is 0 Å². The lowest BCUT2D eigenvalue weighted by Crippen LogP contribution is -2.43. The molecule has 106 valence electrons. The van der Waals surface area contributed by atoms with E-state index in [0.717, 1.165) is 18.0 Å². The predicted molar refractivity (Wildman–Crippen MR) is 82.4 cm³/mol. The molecule has 2 nitrogen and oxygen atoms in total. The molecule has 2 N–H and O–H groups in total. The summed E-state index contributed by atoms with van der Waals surface area (Å²) in [6.45, 7) is 5.60. The van der Waals surface area contributed by atoms with Gasteiger partial charge in [0.15, 0.2) is 0 Å². The van der Waals surface area contributed by atoms with Crippen molar-refractivity contribution in [1.82, 2.24) is 4.90 Å². The van der Waals surface area contributed by atoms with E-state index in [1.807, 2.05) is 12.1 Å². The zero-order valence-corrected chi connectivity index (χ0v) is 13.0. The maximum atomic E-state index is 6.28. The molecule has 1 aliphatic rings. The van der Waals surface area contributed by atoms with E-state index < -0.39 is 0 Å². The van der Waals surface area contributed by atoms with Gasteiger partial charge in [0.1, 0.15) is 0 Å². The molecule has 0 heterocycles. The summed E-state index contributed by atoms with van der Waals surface area (Å²) < 4.78 is 0. The molecule has 19 heavy (non-hydrogen) atoms. The van der Waals surface area contributed by atoms with E-state index in [9.17, 15) is 0 Å². The highest BCUT2D eigenvalue weighted by Gasteiger charge is 2.37. The van der Waals surface area contributed by atoms with Gasteiger partial charge in [0.25, 0.3) is 0 Å². The first kappa shape index (κ1) is 14.8. The standard InChI is InChI=1S/C16H25ClN2/c1-12(13-6-4-7-14(17)10-13)19(3)11-16(2)9-5-8-15(16)18/h4,6-7,10,12,15H,5,8-9,11,18H2,1-3H3. The van der Waals surface area contributed by atoms with Crippen molar-refractivity contribution < 1.29 is 0 Å². The van der Waals surface area contributed by atoms with Crippen molar-refractivity contribution in [2.75, 3.05) is 13.6 Å². The quantitative estimate of drug-likeness (QED) is 0.908. The maximum Gasteiger partial charge on any atom is 0.0409 e. The van der Waals surface area contributed by atoms with Crippen LogP contribution in [0.5, 0.6) is 0 Å². The molecule has 0 aromatic heterocycles. The third-order valence-electron chi connectivity index (χ3n) is 4.76. The molecule has 1 saturated carbocycles. The minimum atomic E-state index is 0.252. The third-order valence-corrected chi connectivity index (χ3v) is 5.00. The Morgan fingerprint density at radius 3 is 2.84 bits per heavy atom. The lowest BCUT2D eigenvalue weighted by molar-refractivity contribution is 0.145. The van der Waals surface area contributed by atoms with E-state index in [1.165, 1.54) is 18.4 Å². The van der Waals surface area contributed by atoms with Gasteiger partial charge in [-0.25, -0.2) is 0 Å². The number of nitrogens with zero attached hydrogens (tertiary/aromatic N) is 1. The Morgan fingerprint density at radius 1 is 1.53 bits per heavy atom. The van der Waals surface area contributed by atoms with Crippen LogP contribution in [0.3, 0.4) is 0 Å². The fourth-order valence-corrected chi connectivity index (χ4v) is 3.38. The fraction of sp³-hybridized carbons (Fsp3) is 0.625. The van der Waals surface area contributed by atoms with Crippen molar-refractivity contribution >= 4 is 11.6 Å². The Morgan fingerprint density at radius 2 is 2.26 bits per heavy atom. The van der Waals surface area contributed by atoms with Crippen molar-refractivity contribution in [1.29, 1.82) is 0 Å². The SMILES string of the molecule is CC(c1cccc(Cl)c1)N(C)CC1(C)CCCC1N. The number of hydrogen-bond donors (Lipinski definition) is 1. The summed E-state index contributed by atoms with van der Waals surface area (Å²) in [5.74, 6) is 0. The first-order valence-corrected chi connectivity index (χ1v) is 7.51. The van der Waals surface area contributed by atoms with Gasteiger partial charge in [-0.2, -0.15) is 0 Å². The van der Waals surface area contributed by atoms with Crippen molar-refractivity contribution in [2.45, 2.75) is 45.2 Å². The van der Waals surface area contributed by atoms with Crippen molar-refractivity contribution in [2.24, 2.45) is 11.1 Å². The van der Waals surface area contributed by atoms with Gasteiger partial charge in [0.05, 0.1) is 0 Å². The zero-order valence-electron chi connectivity index (χ0n) is 12.2. The Balaban J connectivity index is 2.05. The molecule has 0 spiro atoms. The van der Waals surface area contributed by atoms with Gasteiger partial charge in [0.2, 0.25) is 0 Å². The molecule has 0 bridgehead atoms. The summed E-state index contributed by atoms with van der Waals surface area (Å²) in [7, 11) is 2.18. The minimum absolute atomic E-state index is 0.252. The van der Waals surface area contributed by atoms with Gasteiger partial charge in [-0.1, -0.05) is 37.1 Å². The number of benzene rings is 1. The molecule has 1 fully saturated rings. The average molecular weight is 281 g/mol. The predicted octanol–water partition coefficient (Wildman–Crippen LogP) is 3.85. The summed E-state index contributed by atoms with van der Waals surface area (Å²) in [4.78, 5) is 2.40. The summed E-state index contributed by atoms with van der Waals surface area (Å²) in [6, 6.07) is 8.84. The molecule has 0 radical (unpaired) electrons. The molecular formula is C16H25ClN2. The monoisotopic (exact) mass is 280 g/mol. The van der Waals surface area contributed by atoms with Crippen molar-refractivity contribution in [3.8, 4) is 0 Å². The van der Waals surface area contributed by atoms with Crippen LogP contribution in [0.2, 0.25) is 5.02 Å². The molecule has 3 heteroatoms. The van der Waals surface area contributed by atoms with Crippen molar-refractivity contribution in [3.63, 3.8) is 0 Å². The molecular weight excluding hydrogens is 256 g/mol. The van der Waals surface area contributed by atoms with Crippen LogP contribution in [-0.4, -0.2) is 24.5 Å². The van der Waals surface area contributed by atoms with Gasteiger partial charge in [-0.3, -0.25) is 4.90 Å². The Kier molecular flexibility index (Phi) is 4.54. The van der Waals surface area contributed by atoms with Crippen LogP contribution < -0.4 is 5.73 Å². The molecule has 0 saturated heterocycles. The number of rotatable bonds is 4. The Labute approximate surface area is 121 Å². The van der Waals surface area contributed by atoms with E-state index in [2.05, 4.69) is 37.9 Å². The van der Waals surface area contributed by atoms with E-state index in [4.69, 9.17) is 17.3 Å². The van der Waals surface area contributed by atoms with Gasteiger partial charge < -0.3 is 5.73 Å². The van der Waals surface area contributed by atoms with E-state index in [1.54, 1.807) is 0 Å². The molecule has 1 aromatic carbocycles. The minimum Gasteiger partial charge on any atom is -0.327 e. The summed E-state index contributed by atoms with van der Waals surface area (Å²) in [5, 5.41) is 0.807. The second-order valence-corrected chi connectivity index (χ2v) is 6.74. The van der Waals surface area contributed by atoms with Crippen LogP contribution in [-0.2, 0) is 0 Å². The van der Waals surface area contributed by atoms with Gasteiger partial charge in [0, 0.05) is 23.7 Å². The van der Waals surface area contributed by atoms with Gasteiger partial charge in [-0.05, 0) is 49.9 Å². The lowest BCUT2D eigenvalue weighted by atomic mass is 9.84. The summed E-state index contributed by atoms with van der Waals surface area (Å²) in [5.41, 5.74) is 7.80. The molecule has 1 aliphatic carbocycles. The van der Waals surface area contributed by atoms with Crippen LogP contribution in [0.25, 0.3) is 0 Å². The van der Waals surface area contributed by atoms with E-state index in [0.29, 0.717) is 12.1 Å². The molecule has 0 aliphatic heterocycles. The molecule has 2 rings (SSSR count). The number of nitrogens with two attached hydrogens (primary N) is 1. The Bertz CT molecular complexity index is 435. The van der Waals surface area contributed by atoms with Crippen LogP contribution >= 0.6 is 11.6 Å². The van der Waals surface area contributed by atoms with Crippen molar-refractivity contribution in [3.05, 3.63) is 34.9 Å². The highest BCUT2D eigenvalue weighted by molar-refractivity contribution is 6.30. The lowest BCUT2D eigenvalue weighted by Gasteiger charge is -2.36. The largest absolute Gasteiger partial charge is 0.327 e. The van der Waals surface area contributed by atoms with E-state index >= 15 is 0 Å². The average Bonchev–Trinajstić information content (AvgIpc) is 2.68. The van der Waals surface area contributed by atoms with Crippen LogP contribution in [0.1, 0.15) is 44.7 Å². The second kappa shape index (κ2) is 5.82. The normalized spacial score (nSPS) is 28.8. The Hall–Kier alpha value is -0.570. The topological polar surface area (TPSA) is 29.3 Å². The van der Waals surface area contributed by atoms with E-state index in [-0.39, 0.29) is 5.41 Å². The fourth-order valence-electron chi connectivity index (χ4n) is 3.18. The van der Waals surface area contributed by atoms with Crippen LogP contribution in [0.15, 0.2) is 24.3 Å². The molecule has 3 unspecified atom stereocenters. The molecule has 3 atom stereocenters. The second-order valence-electron chi connectivity index (χ2n) is 6.30. The maximum absolute atomic E-state index is 6.28. The van der Waals surface area contributed by atoms with Crippen LogP contribution in [0, 0.1) is 5.41 Å². The number of halogens is 1.